The predicted molar refractivity (Wildman–Crippen MR) is 97.0 cm³/mol. The second kappa shape index (κ2) is 7.27. The topological polar surface area (TPSA) is 55.2 Å². The smallest absolute Gasteiger partial charge is 0.243 e. The van der Waals surface area contributed by atoms with E-state index in [-0.39, 0.29) is 16.5 Å². The van der Waals surface area contributed by atoms with Gasteiger partial charge in [-0.05, 0) is 32.0 Å². The van der Waals surface area contributed by atoms with Crippen LogP contribution < -0.4 is 0 Å². The number of nitrogens with zero attached hydrogens (tertiary/aromatic N) is 3. The van der Waals surface area contributed by atoms with Crippen molar-refractivity contribution in [2.45, 2.75) is 31.8 Å². The molecule has 0 amide bonds. The number of hydrogen-bond acceptors (Lipinski definition) is 3. The van der Waals surface area contributed by atoms with E-state index in [1.807, 2.05) is 13.8 Å². The van der Waals surface area contributed by atoms with E-state index in [0.717, 1.165) is 17.0 Å². The highest BCUT2D eigenvalue weighted by Gasteiger charge is 2.24. The van der Waals surface area contributed by atoms with Gasteiger partial charge in [-0.3, -0.25) is 4.68 Å². The zero-order valence-electron chi connectivity index (χ0n) is 13.8. The maximum absolute atomic E-state index is 12.7. The quantitative estimate of drug-likeness (QED) is 0.707. The largest absolute Gasteiger partial charge is 0.265 e. The summed E-state index contributed by atoms with van der Waals surface area (Å²) in [4.78, 5) is 0.105. The molecule has 2 aromatic rings. The Morgan fingerprint density at radius 2 is 1.96 bits per heavy atom. The molecule has 1 heterocycles. The number of hydrogen-bond donors (Lipinski definition) is 0. The third-order valence-electron chi connectivity index (χ3n) is 3.81. The highest BCUT2D eigenvalue weighted by molar-refractivity contribution is 7.89. The Morgan fingerprint density at radius 1 is 1.29 bits per heavy atom. The first-order valence-corrected chi connectivity index (χ1v) is 9.43. The molecule has 130 valence electrons. The summed E-state index contributed by atoms with van der Waals surface area (Å²) in [6, 6.07) is 4.28. The highest BCUT2D eigenvalue weighted by Crippen LogP contribution is 2.27. The maximum Gasteiger partial charge on any atom is 0.243 e. The van der Waals surface area contributed by atoms with E-state index in [4.69, 9.17) is 23.2 Å². The lowest BCUT2D eigenvalue weighted by atomic mass is 10.2. The van der Waals surface area contributed by atoms with Crippen LogP contribution in [-0.4, -0.2) is 29.6 Å². The van der Waals surface area contributed by atoms with Crippen molar-refractivity contribution in [1.82, 2.24) is 14.1 Å². The number of rotatable bonds is 6. The Balaban J connectivity index is 2.33. The maximum atomic E-state index is 12.7. The van der Waals surface area contributed by atoms with E-state index in [1.165, 1.54) is 29.6 Å². The van der Waals surface area contributed by atoms with Gasteiger partial charge in [0.15, 0.2) is 0 Å². The summed E-state index contributed by atoms with van der Waals surface area (Å²) in [7, 11) is -2.15. The Bertz CT molecular complexity index is 876. The molecule has 2 rings (SSSR count). The molecule has 0 aliphatic rings. The summed E-state index contributed by atoms with van der Waals surface area (Å²) in [6.45, 7) is 8.28. The fourth-order valence-corrected chi connectivity index (χ4v) is 3.92. The summed E-state index contributed by atoms with van der Waals surface area (Å²) in [5, 5.41) is 4.94. The second-order valence-corrected chi connectivity index (χ2v) is 8.32. The van der Waals surface area contributed by atoms with Crippen molar-refractivity contribution >= 4 is 33.2 Å². The van der Waals surface area contributed by atoms with Gasteiger partial charge in [0.05, 0.1) is 27.2 Å². The summed E-state index contributed by atoms with van der Waals surface area (Å²) in [6.07, 6.45) is 1.75. The molecule has 0 saturated carbocycles. The van der Waals surface area contributed by atoms with Crippen molar-refractivity contribution in [2.24, 2.45) is 0 Å². The van der Waals surface area contributed by atoms with Gasteiger partial charge < -0.3 is 0 Å². The zero-order valence-corrected chi connectivity index (χ0v) is 16.1. The molecule has 8 heteroatoms. The molecule has 24 heavy (non-hydrogen) atoms. The standard InChI is InChI=1S/C16H19Cl2N3O2S/c1-5-8-21-12(3)14(11(2)19-21)10-20(4)24(22,23)13-6-7-15(17)16(18)9-13/h5-7,9H,1,8,10H2,2-4H3. The van der Waals surface area contributed by atoms with Crippen LogP contribution in [0.25, 0.3) is 0 Å². The van der Waals surface area contributed by atoms with E-state index in [2.05, 4.69) is 11.7 Å². The van der Waals surface area contributed by atoms with Crippen LogP contribution in [-0.2, 0) is 23.1 Å². The first-order chi connectivity index (χ1) is 11.2. The van der Waals surface area contributed by atoms with E-state index < -0.39 is 10.0 Å². The van der Waals surface area contributed by atoms with Gasteiger partial charge in [0.25, 0.3) is 0 Å². The number of benzene rings is 1. The van der Waals surface area contributed by atoms with Gasteiger partial charge in [0, 0.05) is 24.8 Å². The highest BCUT2D eigenvalue weighted by atomic mass is 35.5. The Labute approximate surface area is 152 Å². The normalized spacial score (nSPS) is 11.9. The van der Waals surface area contributed by atoms with Gasteiger partial charge in [0.1, 0.15) is 0 Å². The van der Waals surface area contributed by atoms with Gasteiger partial charge >= 0.3 is 0 Å². The molecule has 0 spiro atoms. The lowest BCUT2D eigenvalue weighted by Crippen LogP contribution is -2.27. The molecule has 0 fully saturated rings. The van der Waals surface area contributed by atoms with Gasteiger partial charge in [-0.25, -0.2) is 8.42 Å². The molecule has 0 N–H and O–H groups in total. The molecule has 0 saturated heterocycles. The van der Waals surface area contributed by atoms with Crippen molar-refractivity contribution in [1.29, 1.82) is 0 Å². The van der Waals surface area contributed by atoms with Crippen LogP contribution in [0.1, 0.15) is 17.0 Å². The predicted octanol–water partition coefficient (Wildman–Crippen LogP) is 3.81. The van der Waals surface area contributed by atoms with Crippen LogP contribution in [0.2, 0.25) is 10.0 Å². The van der Waals surface area contributed by atoms with Crippen molar-refractivity contribution in [3.63, 3.8) is 0 Å². The van der Waals surface area contributed by atoms with Crippen LogP contribution in [0.15, 0.2) is 35.7 Å². The number of aromatic nitrogens is 2. The Morgan fingerprint density at radius 3 is 2.54 bits per heavy atom. The Kier molecular flexibility index (Phi) is 5.75. The van der Waals surface area contributed by atoms with Gasteiger partial charge in [-0.2, -0.15) is 9.40 Å². The van der Waals surface area contributed by atoms with Crippen LogP contribution >= 0.6 is 23.2 Å². The van der Waals surface area contributed by atoms with Crippen LogP contribution in [0.3, 0.4) is 0 Å². The van der Waals surface area contributed by atoms with E-state index in [1.54, 1.807) is 10.8 Å². The summed E-state index contributed by atoms with van der Waals surface area (Å²) >= 11 is 11.8. The lowest BCUT2D eigenvalue weighted by Gasteiger charge is -2.18. The lowest BCUT2D eigenvalue weighted by molar-refractivity contribution is 0.465. The van der Waals surface area contributed by atoms with E-state index >= 15 is 0 Å². The molecule has 0 unspecified atom stereocenters. The SMILES string of the molecule is C=CCn1nc(C)c(CN(C)S(=O)(=O)c2ccc(Cl)c(Cl)c2)c1C. The van der Waals surface area contributed by atoms with Crippen molar-refractivity contribution in [3.05, 3.63) is 57.9 Å². The zero-order chi connectivity index (χ0) is 18.1. The molecule has 5 nitrogen and oxygen atoms in total. The van der Waals surface area contributed by atoms with Gasteiger partial charge in [-0.1, -0.05) is 29.3 Å². The van der Waals surface area contributed by atoms with Crippen LogP contribution in [0, 0.1) is 13.8 Å². The van der Waals surface area contributed by atoms with Gasteiger partial charge in [-0.15, -0.1) is 6.58 Å². The average Bonchev–Trinajstić information content (AvgIpc) is 2.77. The van der Waals surface area contributed by atoms with Crippen molar-refractivity contribution in [2.75, 3.05) is 7.05 Å². The summed E-state index contributed by atoms with van der Waals surface area (Å²) in [5.41, 5.74) is 2.59. The minimum atomic E-state index is -3.68. The first kappa shape index (κ1) is 19.0. The van der Waals surface area contributed by atoms with Crippen LogP contribution in [0.4, 0.5) is 0 Å². The molecular weight excluding hydrogens is 369 g/mol. The minimum Gasteiger partial charge on any atom is -0.265 e. The fraction of sp³-hybridized carbons (Fsp3) is 0.312. The minimum absolute atomic E-state index is 0.105. The number of sulfonamides is 1. The van der Waals surface area contributed by atoms with Crippen LogP contribution in [0.5, 0.6) is 0 Å². The van der Waals surface area contributed by atoms with Crippen molar-refractivity contribution in [3.8, 4) is 0 Å². The molecule has 0 bridgehead atoms. The number of aryl methyl sites for hydroxylation is 1. The monoisotopic (exact) mass is 387 g/mol. The summed E-state index contributed by atoms with van der Waals surface area (Å²) in [5.74, 6) is 0. The molecule has 0 radical (unpaired) electrons. The molecule has 0 atom stereocenters. The molecule has 0 aliphatic carbocycles. The van der Waals surface area contributed by atoms with Crippen molar-refractivity contribution < 1.29 is 8.42 Å². The average molecular weight is 388 g/mol. The molecular formula is C16H19Cl2N3O2S. The summed E-state index contributed by atoms with van der Waals surface area (Å²) < 4.78 is 28.6. The third-order valence-corrected chi connectivity index (χ3v) is 6.35. The fourth-order valence-electron chi connectivity index (χ4n) is 2.39. The third kappa shape index (κ3) is 3.67. The van der Waals surface area contributed by atoms with E-state index in [0.29, 0.717) is 11.6 Å². The molecule has 0 aliphatic heterocycles. The second-order valence-electron chi connectivity index (χ2n) is 5.46. The molecule has 1 aromatic carbocycles. The van der Waals surface area contributed by atoms with E-state index in [9.17, 15) is 8.42 Å². The Hall–Kier alpha value is -1.34. The number of allylic oxidation sites excluding steroid dienone is 1. The van der Waals surface area contributed by atoms with Gasteiger partial charge in [0.2, 0.25) is 10.0 Å². The first-order valence-electron chi connectivity index (χ1n) is 7.23. The number of halogens is 2. The molecule has 1 aromatic heterocycles.